The first-order valence-electron chi connectivity index (χ1n) is 10.4. The second-order valence-electron chi connectivity index (χ2n) is 10.5. The molecule has 0 nitrogen and oxygen atoms in total. The maximum absolute atomic E-state index is 5.00. The predicted molar refractivity (Wildman–Crippen MR) is 128 cm³/mol. The van der Waals surface area contributed by atoms with Gasteiger partial charge in [0.1, 0.15) is 0 Å². The average Bonchev–Trinajstić information content (AvgIpc) is 3.19. The number of hydrogen-bond acceptors (Lipinski definition) is 0. The van der Waals surface area contributed by atoms with Crippen LogP contribution in [0.15, 0.2) is 55.1 Å². The minimum atomic E-state index is -2.17. The van der Waals surface area contributed by atoms with E-state index in [0.717, 1.165) is 0 Å². The molecule has 4 rings (SSSR count). The molecule has 0 fully saturated rings. The van der Waals surface area contributed by atoms with Crippen molar-refractivity contribution in [3.8, 4) is 0 Å². The molecule has 0 bridgehead atoms. The van der Waals surface area contributed by atoms with Crippen LogP contribution < -0.4 is 0 Å². The maximum atomic E-state index is 5.00. The summed E-state index contributed by atoms with van der Waals surface area (Å²) >= 11 is -2.17. The van der Waals surface area contributed by atoms with Crippen molar-refractivity contribution in [3.05, 3.63) is 77.3 Å². The van der Waals surface area contributed by atoms with Crippen molar-refractivity contribution in [3.63, 3.8) is 0 Å². The molecule has 0 heterocycles. The monoisotopic (exact) mass is 478 g/mol. The van der Waals surface area contributed by atoms with Gasteiger partial charge in [-0.15, -0.1) is 0 Å². The van der Waals surface area contributed by atoms with E-state index >= 15 is 0 Å². The molecule has 0 N–H and O–H groups in total. The molecule has 2 aromatic carbocycles. The second kappa shape index (κ2) is 7.11. The topological polar surface area (TPSA) is 0 Å². The number of rotatable bonds is 4. The molecule has 2 atom stereocenters. The van der Waals surface area contributed by atoms with Crippen LogP contribution in [0.25, 0.3) is 12.2 Å². The van der Waals surface area contributed by atoms with Gasteiger partial charge in [0.05, 0.1) is 0 Å². The van der Waals surface area contributed by atoms with Crippen molar-refractivity contribution in [2.24, 2.45) is 0 Å². The van der Waals surface area contributed by atoms with Gasteiger partial charge in [-0.05, 0) is 0 Å². The van der Waals surface area contributed by atoms with Gasteiger partial charge in [-0.25, -0.2) is 0 Å². The summed E-state index contributed by atoms with van der Waals surface area (Å²) in [6.45, 7) is 15.2. The molecule has 28 heavy (non-hydrogen) atoms. The molecular weight excluding hydrogens is 448 g/mol. The van der Waals surface area contributed by atoms with Gasteiger partial charge in [-0.2, -0.15) is 0 Å². The summed E-state index contributed by atoms with van der Waals surface area (Å²) in [5.41, 5.74) is 7.41. The Hall–Kier alpha value is -0.893. The normalized spacial score (nSPS) is 21.1. The van der Waals surface area contributed by atoms with Crippen LogP contribution >= 0.6 is 0 Å². The van der Waals surface area contributed by atoms with Crippen LogP contribution in [0, 0.1) is 0 Å². The summed E-state index contributed by atoms with van der Waals surface area (Å²) in [5.74, 6) is 0. The Balaban J connectivity index is 1.82. The van der Waals surface area contributed by atoms with Gasteiger partial charge in [0.25, 0.3) is 0 Å². The average molecular weight is 480 g/mol. The van der Waals surface area contributed by atoms with Gasteiger partial charge in [-0.1, -0.05) is 0 Å². The first-order chi connectivity index (χ1) is 13.1. The summed E-state index contributed by atoms with van der Waals surface area (Å²) in [7, 11) is -2.75. The van der Waals surface area contributed by atoms with E-state index in [1.165, 1.54) is 11.1 Å². The number of benzene rings is 2. The standard InChI is InChI=1S/2C12H15Si.CH2.Zr/c2*1-13(2,3)12-9-8-10-6-4-5-7-11(10)12;;/h2*4-8,12H,1-3H3;1H2;. The third-order valence-electron chi connectivity index (χ3n) is 6.29. The van der Waals surface area contributed by atoms with Crippen LogP contribution in [0.4, 0.5) is 0 Å². The Morgan fingerprint density at radius 2 is 1.00 bits per heavy atom. The molecule has 2 aliphatic carbocycles. The second-order valence-corrected chi connectivity index (χ2v) is 26.3. The Labute approximate surface area is 180 Å². The summed E-state index contributed by atoms with van der Waals surface area (Å²) < 4.78 is 8.51. The van der Waals surface area contributed by atoms with Crippen molar-refractivity contribution >= 4 is 32.5 Å². The van der Waals surface area contributed by atoms with Crippen molar-refractivity contribution in [1.82, 2.24) is 0 Å². The van der Waals surface area contributed by atoms with E-state index < -0.39 is 37.4 Å². The van der Waals surface area contributed by atoms with Gasteiger partial charge in [-0.3, -0.25) is 0 Å². The first-order valence-corrected chi connectivity index (χ1v) is 21.7. The van der Waals surface area contributed by atoms with Crippen LogP contribution in [0.5, 0.6) is 0 Å². The Bertz CT molecular complexity index is 934. The van der Waals surface area contributed by atoms with Crippen LogP contribution in [-0.2, 0) is 21.3 Å². The van der Waals surface area contributed by atoms with Crippen molar-refractivity contribution in [1.29, 1.82) is 0 Å². The van der Waals surface area contributed by atoms with E-state index in [1.54, 1.807) is 17.7 Å². The van der Waals surface area contributed by atoms with Crippen LogP contribution in [0.3, 0.4) is 0 Å². The molecule has 3 heteroatoms. The Morgan fingerprint density at radius 1 is 0.643 bits per heavy atom. The Kier molecular flexibility index (Phi) is 5.18. The zero-order chi connectivity index (χ0) is 20.3. The first kappa shape index (κ1) is 20.4. The van der Waals surface area contributed by atoms with Gasteiger partial charge in [0.2, 0.25) is 0 Å². The van der Waals surface area contributed by atoms with E-state index in [9.17, 15) is 0 Å². The zero-order valence-electron chi connectivity index (χ0n) is 18.1. The molecule has 0 radical (unpaired) electrons. The fraction of sp³-hybridized carbons (Fsp3) is 0.320. The molecule has 2 aromatic rings. The van der Waals surface area contributed by atoms with Crippen molar-refractivity contribution in [2.45, 2.75) is 50.4 Å². The molecule has 0 saturated heterocycles. The number of fused-ring (bicyclic) bond motifs is 2. The molecule has 0 aromatic heterocycles. The predicted octanol–water partition coefficient (Wildman–Crippen LogP) is 7.07. The molecule has 0 spiro atoms. The van der Waals surface area contributed by atoms with E-state index in [0.29, 0.717) is 11.1 Å². The SMILES string of the molecule is [CH2]=[Zr]([C]1=Cc2ccccc2C1[Si](C)(C)C)[C]1=Cc2ccccc2C1[Si](C)(C)C. The molecule has 0 aliphatic heterocycles. The number of allylic oxidation sites excluding steroid dienone is 2. The summed E-state index contributed by atoms with van der Waals surface area (Å²) in [6.07, 6.45) is 5.12. The number of hydrogen-bond donors (Lipinski definition) is 0. The third kappa shape index (κ3) is 3.44. The van der Waals surface area contributed by atoms with Gasteiger partial charge >= 0.3 is 181 Å². The van der Waals surface area contributed by atoms with Crippen molar-refractivity contribution in [2.75, 3.05) is 0 Å². The molecule has 0 amide bonds. The van der Waals surface area contributed by atoms with Crippen molar-refractivity contribution < 1.29 is 21.3 Å². The van der Waals surface area contributed by atoms with Gasteiger partial charge in [0, 0.05) is 0 Å². The summed E-state index contributed by atoms with van der Waals surface area (Å²) in [6, 6.07) is 18.2. The summed E-state index contributed by atoms with van der Waals surface area (Å²) in [5, 5.41) is 0. The molecule has 2 aliphatic rings. The van der Waals surface area contributed by atoms with E-state index in [-0.39, 0.29) is 0 Å². The van der Waals surface area contributed by atoms with Crippen LogP contribution in [0.2, 0.25) is 39.3 Å². The molecule has 0 saturated carbocycles. The van der Waals surface area contributed by atoms with Crippen LogP contribution in [-0.4, -0.2) is 20.4 Å². The molecule has 144 valence electrons. The summed E-state index contributed by atoms with van der Waals surface area (Å²) in [4.78, 5) is 0. The molecular formula is C25H32Si2Zr. The van der Waals surface area contributed by atoms with Gasteiger partial charge in [0.15, 0.2) is 0 Å². The molecule has 2 unspecified atom stereocenters. The van der Waals surface area contributed by atoms with Gasteiger partial charge < -0.3 is 0 Å². The fourth-order valence-corrected chi connectivity index (χ4v) is 23.0. The van der Waals surface area contributed by atoms with E-state index in [2.05, 4.69) is 100.0 Å². The minimum absolute atomic E-state index is 0.655. The quantitative estimate of drug-likeness (QED) is 0.411. The fourth-order valence-electron chi connectivity index (χ4n) is 5.20. The zero-order valence-corrected chi connectivity index (χ0v) is 22.6. The third-order valence-corrected chi connectivity index (χ3v) is 18.0. The Morgan fingerprint density at radius 3 is 1.36 bits per heavy atom. The van der Waals surface area contributed by atoms with E-state index in [4.69, 9.17) is 4.21 Å². The van der Waals surface area contributed by atoms with Crippen LogP contribution in [0.1, 0.15) is 33.3 Å². The van der Waals surface area contributed by atoms with E-state index in [1.807, 2.05) is 0 Å².